The number of allylic oxidation sites excluding steroid dienone is 8. The molecule has 0 atom stereocenters. The van der Waals surface area contributed by atoms with Gasteiger partial charge in [-0.25, -0.2) is 4.79 Å². The summed E-state index contributed by atoms with van der Waals surface area (Å²) in [4.78, 5) is 59.4. The fourth-order valence-corrected chi connectivity index (χ4v) is 9.09. The zero-order valence-electron chi connectivity index (χ0n) is 35.5. The van der Waals surface area contributed by atoms with Crippen molar-refractivity contribution in [1.29, 1.82) is 0 Å². The largest absolute Gasteiger partial charge is 0.382 e. The van der Waals surface area contributed by atoms with Crippen LogP contribution < -0.4 is 9.80 Å². The monoisotopic (exact) mass is 843 g/mol. The van der Waals surface area contributed by atoms with E-state index in [-0.39, 0.29) is 35.4 Å². The summed E-state index contributed by atoms with van der Waals surface area (Å²) in [5, 5.41) is 0.554. The van der Waals surface area contributed by atoms with Crippen molar-refractivity contribution in [3.05, 3.63) is 99.9 Å². The zero-order chi connectivity index (χ0) is 43.4. The summed E-state index contributed by atoms with van der Waals surface area (Å²) >= 11 is 0. The first-order valence-electron chi connectivity index (χ1n) is 20.7. The molecule has 13 nitrogen and oxygen atoms in total. The first kappa shape index (κ1) is 44.7. The van der Waals surface area contributed by atoms with Crippen molar-refractivity contribution in [3.63, 3.8) is 0 Å². The molecule has 0 aromatic heterocycles. The molecule has 60 heavy (non-hydrogen) atoms. The second-order valence-corrected chi connectivity index (χ2v) is 18.3. The van der Waals surface area contributed by atoms with Crippen LogP contribution >= 0.6 is 0 Å². The lowest BCUT2D eigenvalue weighted by molar-refractivity contribution is -0.197. The molecule has 0 unspecified atom stereocenters. The van der Waals surface area contributed by atoms with E-state index in [0.29, 0.717) is 75.7 Å². The highest BCUT2D eigenvalue weighted by atomic mass is 32.2. The highest BCUT2D eigenvalue weighted by Crippen LogP contribution is 2.50. The second kappa shape index (κ2) is 18.4. The maximum atomic E-state index is 14.1. The maximum absolute atomic E-state index is 14.1. The summed E-state index contributed by atoms with van der Waals surface area (Å²) in [7, 11) is -2.81. The van der Waals surface area contributed by atoms with Crippen LogP contribution in [-0.4, -0.2) is 81.6 Å². The van der Waals surface area contributed by atoms with Crippen LogP contribution in [0.1, 0.15) is 102 Å². The molecule has 1 saturated heterocycles. The Morgan fingerprint density at radius 3 is 1.93 bits per heavy atom. The van der Waals surface area contributed by atoms with Gasteiger partial charge in [-0.3, -0.25) is 18.9 Å². The van der Waals surface area contributed by atoms with Crippen LogP contribution in [0, 0.1) is 6.92 Å². The topological polar surface area (TPSA) is 160 Å². The Labute approximate surface area is 353 Å². The second-order valence-electron chi connectivity index (χ2n) is 16.9. The number of aryl methyl sites for hydroxylation is 1. The van der Waals surface area contributed by atoms with E-state index in [2.05, 4.69) is 54.8 Å². The predicted molar refractivity (Wildman–Crippen MR) is 228 cm³/mol. The Balaban J connectivity index is 1.22. The molecular weight excluding hydrogens is 787 g/mol. The van der Waals surface area contributed by atoms with E-state index < -0.39 is 33.3 Å². The SMILES string of the molecule is COCCOCCN1C(=CC=C2CCCC(=CC=C3N(CCCCCC(=O)ON4C(=O)CCC4=O)c4ccc(S(=O)(=O)O)cc4C3(C)C)C2=O)C(C)(C)c2cc(C)ccc21. The van der Waals surface area contributed by atoms with E-state index in [1.807, 2.05) is 32.1 Å². The molecule has 3 aliphatic heterocycles. The van der Waals surface area contributed by atoms with Gasteiger partial charge < -0.3 is 24.1 Å². The van der Waals surface area contributed by atoms with Gasteiger partial charge in [0.05, 0.1) is 24.7 Å². The molecule has 6 rings (SSSR count). The Morgan fingerprint density at radius 1 is 0.750 bits per heavy atom. The number of carbonyl (C=O) groups is 4. The fraction of sp³-hybridized carbons (Fsp3) is 0.478. The van der Waals surface area contributed by atoms with Crippen molar-refractivity contribution >= 4 is 45.1 Å². The highest BCUT2D eigenvalue weighted by molar-refractivity contribution is 7.85. The molecule has 0 spiro atoms. The van der Waals surface area contributed by atoms with Gasteiger partial charge in [0.25, 0.3) is 21.9 Å². The van der Waals surface area contributed by atoms with Crippen LogP contribution in [0.25, 0.3) is 0 Å². The number of unbranched alkanes of at least 4 members (excludes halogenated alkanes) is 2. The number of Topliss-reactive ketones (excluding diaryl/α,β-unsaturated/α-hetero) is 1. The van der Waals surface area contributed by atoms with Crippen LogP contribution in [0.4, 0.5) is 11.4 Å². The summed E-state index contributed by atoms with van der Waals surface area (Å²) in [6.45, 7) is 13.2. The summed E-state index contributed by atoms with van der Waals surface area (Å²) < 4.78 is 45.2. The van der Waals surface area contributed by atoms with Crippen molar-refractivity contribution in [3.8, 4) is 0 Å². The molecule has 0 radical (unpaired) electrons. The molecule has 1 N–H and O–H groups in total. The number of nitrogens with zero attached hydrogens (tertiary/aromatic N) is 3. The molecule has 2 aromatic carbocycles. The lowest BCUT2D eigenvalue weighted by Gasteiger charge is -2.27. The number of fused-ring (bicyclic) bond motifs is 2. The van der Waals surface area contributed by atoms with E-state index in [9.17, 15) is 32.1 Å². The van der Waals surface area contributed by atoms with Crippen molar-refractivity contribution in [2.45, 2.75) is 108 Å². The van der Waals surface area contributed by atoms with Crippen molar-refractivity contribution in [2.24, 2.45) is 0 Å². The minimum atomic E-state index is -4.46. The maximum Gasteiger partial charge on any atom is 0.333 e. The Kier molecular flexibility index (Phi) is 13.7. The van der Waals surface area contributed by atoms with E-state index in [4.69, 9.17) is 14.3 Å². The normalized spacial score (nSPS) is 21.2. The molecular formula is C46H57N3O10S. The molecule has 1 saturated carbocycles. The number of amides is 2. The average molecular weight is 844 g/mol. The number of imide groups is 1. The molecule has 0 bridgehead atoms. The number of hydrogen-bond donors (Lipinski definition) is 1. The number of hydroxylamine groups is 2. The number of ketones is 1. The lowest BCUT2D eigenvalue weighted by Crippen LogP contribution is -2.32. The Bertz CT molecular complexity index is 2250. The molecule has 2 amide bonds. The van der Waals surface area contributed by atoms with Gasteiger partial charge in [0, 0.05) is 73.1 Å². The van der Waals surface area contributed by atoms with Crippen molar-refractivity contribution in [2.75, 3.05) is 49.8 Å². The van der Waals surface area contributed by atoms with Crippen molar-refractivity contribution in [1.82, 2.24) is 5.06 Å². The van der Waals surface area contributed by atoms with Gasteiger partial charge >= 0.3 is 5.97 Å². The van der Waals surface area contributed by atoms with Gasteiger partial charge in [0.1, 0.15) is 0 Å². The van der Waals surface area contributed by atoms with Crippen molar-refractivity contribution < 1.29 is 46.5 Å². The summed E-state index contributed by atoms with van der Waals surface area (Å²) in [5.74, 6) is -1.70. The number of methoxy groups -OCH3 is 1. The number of rotatable bonds is 16. The Morgan fingerprint density at radius 2 is 1.33 bits per heavy atom. The van der Waals surface area contributed by atoms with Crippen LogP contribution in [0.2, 0.25) is 0 Å². The third kappa shape index (κ3) is 9.52. The van der Waals surface area contributed by atoms with Gasteiger partial charge in [-0.15, -0.1) is 5.06 Å². The number of anilines is 2. The van der Waals surface area contributed by atoms with Gasteiger partial charge in [0.2, 0.25) is 0 Å². The average Bonchev–Trinajstić information content (AvgIpc) is 3.70. The van der Waals surface area contributed by atoms with Gasteiger partial charge in [-0.2, -0.15) is 8.42 Å². The van der Waals surface area contributed by atoms with E-state index in [1.165, 1.54) is 23.3 Å². The minimum Gasteiger partial charge on any atom is -0.382 e. The predicted octanol–water partition coefficient (Wildman–Crippen LogP) is 7.34. The third-order valence-electron chi connectivity index (χ3n) is 11.9. The molecule has 4 aliphatic rings. The number of ether oxygens (including phenoxy) is 2. The molecule has 322 valence electrons. The molecule has 3 heterocycles. The summed E-state index contributed by atoms with van der Waals surface area (Å²) in [5.41, 5.74) is 7.44. The van der Waals surface area contributed by atoms with Crippen LogP contribution in [-0.2, 0) is 54.4 Å². The molecule has 14 heteroatoms. The fourth-order valence-electron chi connectivity index (χ4n) is 8.59. The number of benzene rings is 2. The summed E-state index contributed by atoms with van der Waals surface area (Å²) in [6.07, 6.45) is 11.8. The smallest absolute Gasteiger partial charge is 0.333 e. The van der Waals surface area contributed by atoms with Gasteiger partial charge in [0.15, 0.2) is 5.78 Å². The van der Waals surface area contributed by atoms with E-state index >= 15 is 0 Å². The quantitative estimate of drug-likeness (QED) is 0.0777. The standard InChI is InChI=1S/C46H57N3O10S/c1-31-14-18-37-35(29-31)45(2,3)40(48(37)25-26-58-28-27-57-6)21-16-33-12-10-11-32(44(33)53)15-20-39-46(4,5)36-30-34(60(54,55)56)17-19-38(36)47(39)24-9-7-8-13-43(52)59-49-41(50)22-23-42(49)51/h14-21,29-30H,7-13,22-28H2,1-6H3,(H,54,55,56). The number of hydrogen-bond acceptors (Lipinski definition) is 11. The molecule has 2 fully saturated rings. The van der Waals surface area contributed by atoms with Crippen LogP contribution in [0.5, 0.6) is 0 Å². The molecule has 1 aliphatic carbocycles. The highest BCUT2D eigenvalue weighted by Gasteiger charge is 2.42. The third-order valence-corrected chi connectivity index (χ3v) is 12.8. The first-order chi connectivity index (χ1) is 28.4. The summed E-state index contributed by atoms with van der Waals surface area (Å²) in [6, 6.07) is 11.1. The lowest BCUT2D eigenvalue weighted by atomic mass is 9.82. The Hall–Kier alpha value is -4.89. The molecule has 2 aromatic rings. The zero-order valence-corrected chi connectivity index (χ0v) is 36.4. The van der Waals surface area contributed by atoms with E-state index in [1.54, 1.807) is 13.2 Å². The van der Waals surface area contributed by atoms with E-state index in [0.717, 1.165) is 40.3 Å². The van der Waals surface area contributed by atoms with Gasteiger partial charge in [-0.1, -0.05) is 64.0 Å². The van der Waals surface area contributed by atoms with Crippen LogP contribution in [0.3, 0.4) is 0 Å². The van der Waals surface area contributed by atoms with Crippen LogP contribution in [0.15, 0.2) is 88.1 Å². The first-order valence-corrected chi connectivity index (χ1v) is 22.2. The number of carbonyl (C=O) groups excluding carboxylic acids is 4. The van der Waals surface area contributed by atoms with Gasteiger partial charge in [-0.05, 0) is 97.7 Å². The minimum absolute atomic E-state index is 0.00805.